The van der Waals surface area contributed by atoms with Gasteiger partial charge in [-0.25, -0.2) is 0 Å². The van der Waals surface area contributed by atoms with E-state index in [4.69, 9.17) is 0 Å². The van der Waals surface area contributed by atoms with Gasteiger partial charge in [0.2, 0.25) is 0 Å². The molecule has 0 spiro atoms. The summed E-state index contributed by atoms with van der Waals surface area (Å²) in [5.74, 6) is 0.471. The van der Waals surface area contributed by atoms with Gasteiger partial charge in [-0.2, -0.15) is 0 Å². The molecule has 0 aromatic heterocycles. The molecule has 2 unspecified atom stereocenters. The molecular formula is C15H24O2. The number of carbonyl (C=O) groups excluding carboxylic acids is 1. The normalized spacial score (nSPS) is 27.9. The molecule has 0 heterocycles. The topological polar surface area (TPSA) is 37.3 Å². The van der Waals surface area contributed by atoms with Gasteiger partial charge >= 0.3 is 0 Å². The van der Waals surface area contributed by atoms with Crippen LogP contribution in [0.25, 0.3) is 0 Å². The molecule has 0 saturated heterocycles. The fourth-order valence-corrected chi connectivity index (χ4v) is 2.43. The quantitative estimate of drug-likeness (QED) is 0.719. The Morgan fingerprint density at radius 3 is 2.71 bits per heavy atom. The van der Waals surface area contributed by atoms with Gasteiger partial charge in [-0.15, -0.1) is 0 Å². The minimum absolute atomic E-state index is 0.0845. The lowest BCUT2D eigenvalue weighted by Gasteiger charge is -2.23. The standard InChI is InChI=1S/C15H24O2/c1-4-5-6-7-11(2)10-14(17)15-12(3)8-9-13(15)16/h5-6,8-9,11-12,14-15,17H,4,7,10H2,1-3H3/b6-5-/t11-,12-,14?,15?/m0/s1. The van der Waals surface area contributed by atoms with Crippen LogP contribution in [-0.2, 0) is 4.79 Å². The van der Waals surface area contributed by atoms with E-state index in [1.165, 1.54) is 0 Å². The lowest BCUT2D eigenvalue weighted by atomic mass is 9.85. The third-order valence-corrected chi connectivity index (χ3v) is 3.46. The molecule has 0 amide bonds. The summed E-state index contributed by atoms with van der Waals surface area (Å²) in [4.78, 5) is 11.6. The molecule has 1 aliphatic carbocycles. The maximum Gasteiger partial charge on any atom is 0.161 e. The van der Waals surface area contributed by atoms with Crippen molar-refractivity contribution in [1.82, 2.24) is 0 Å². The van der Waals surface area contributed by atoms with Crippen LogP contribution < -0.4 is 0 Å². The van der Waals surface area contributed by atoms with Crippen molar-refractivity contribution >= 4 is 5.78 Å². The molecule has 0 radical (unpaired) electrons. The van der Waals surface area contributed by atoms with E-state index in [9.17, 15) is 9.90 Å². The number of aliphatic hydroxyl groups is 1. The van der Waals surface area contributed by atoms with E-state index in [1.807, 2.05) is 13.0 Å². The van der Waals surface area contributed by atoms with E-state index in [0.29, 0.717) is 12.3 Å². The summed E-state index contributed by atoms with van der Waals surface area (Å²) >= 11 is 0. The highest BCUT2D eigenvalue weighted by Gasteiger charge is 2.33. The molecular weight excluding hydrogens is 212 g/mol. The van der Waals surface area contributed by atoms with Gasteiger partial charge in [0, 0.05) is 0 Å². The first-order chi connectivity index (χ1) is 8.06. The number of rotatable bonds is 6. The molecule has 0 bridgehead atoms. The fourth-order valence-electron chi connectivity index (χ4n) is 2.43. The first-order valence-corrected chi connectivity index (χ1v) is 6.61. The van der Waals surface area contributed by atoms with Crippen molar-refractivity contribution in [3.63, 3.8) is 0 Å². The van der Waals surface area contributed by atoms with E-state index >= 15 is 0 Å². The van der Waals surface area contributed by atoms with Gasteiger partial charge in [0.15, 0.2) is 5.78 Å². The van der Waals surface area contributed by atoms with E-state index in [2.05, 4.69) is 26.0 Å². The molecule has 0 fully saturated rings. The highest BCUT2D eigenvalue weighted by molar-refractivity contribution is 5.94. The Morgan fingerprint density at radius 2 is 2.18 bits per heavy atom. The zero-order chi connectivity index (χ0) is 12.8. The lowest BCUT2D eigenvalue weighted by Crippen LogP contribution is -2.30. The highest BCUT2D eigenvalue weighted by Crippen LogP contribution is 2.28. The van der Waals surface area contributed by atoms with Gasteiger partial charge in [0.25, 0.3) is 0 Å². The first-order valence-electron chi connectivity index (χ1n) is 6.61. The van der Waals surface area contributed by atoms with Gasteiger partial charge in [-0.1, -0.05) is 39.0 Å². The Bertz CT molecular complexity index is 304. The number of hydrogen-bond acceptors (Lipinski definition) is 2. The molecule has 0 aliphatic heterocycles. The van der Waals surface area contributed by atoms with Crippen LogP contribution in [0.15, 0.2) is 24.3 Å². The Labute approximate surface area is 104 Å². The SMILES string of the molecule is CC/C=C\C[C@H](C)CC(O)C1C(=O)C=C[C@@H]1C. The Kier molecular flexibility index (Phi) is 5.63. The number of hydrogen-bond donors (Lipinski definition) is 1. The third-order valence-electron chi connectivity index (χ3n) is 3.46. The van der Waals surface area contributed by atoms with Gasteiger partial charge in [-0.3, -0.25) is 4.79 Å². The molecule has 1 aliphatic rings. The van der Waals surface area contributed by atoms with Gasteiger partial charge < -0.3 is 5.11 Å². The predicted octanol–water partition coefficient (Wildman–Crippen LogP) is 3.12. The minimum atomic E-state index is -0.502. The van der Waals surface area contributed by atoms with E-state index in [0.717, 1.165) is 12.8 Å². The maximum atomic E-state index is 11.6. The molecule has 1 rings (SSSR count). The second-order valence-electron chi connectivity index (χ2n) is 5.17. The van der Waals surface area contributed by atoms with Crippen LogP contribution in [0.4, 0.5) is 0 Å². The average Bonchev–Trinajstić information content (AvgIpc) is 2.58. The number of aliphatic hydroxyl groups excluding tert-OH is 1. The van der Waals surface area contributed by atoms with Crippen LogP contribution in [0.5, 0.6) is 0 Å². The van der Waals surface area contributed by atoms with Crippen molar-refractivity contribution in [1.29, 1.82) is 0 Å². The van der Waals surface area contributed by atoms with Gasteiger partial charge in [0.1, 0.15) is 0 Å². The first kappa shape index (κ1) is 14.2. The summed E-state index contributed by atoms with van der Waals surface area (Å²) in [5, 5.41) is 10.1. The van der Waals surface area contributed by atoms with Crippen LogP contribution in [0.3, 0.4) is 0 Å². The Hall–Kier alpha value is -0.890. The van der Waals surface area contributed by atoms with Crippen molar-refractivity contribution < 1.29 is 9.90 Å². The number of allylic oxidation sites excluding steroid dienone is 4. The molecule has 17 heavy (non-hydrogen) atoms. The predicted molar refractivity (Wildman–Crippen MR) is 70.6 cm³/mol. The smallest absolute Gasteiger partial charge is 0.161 e. The van der Waals surface area contributed by atoms with Crippen molar-refractivity contribution in [2.24, 2.45) is 17.8 Å². The zero-order valence-corrected chi connectivity index (χ0v) is 11.1. The maximum absolute atomic E-state index is 11.6. The highest BCUT2D eigenvalue weighted by atomic mass is 16.3. The van der Waals surface area contributed by atoms with Crippen LogP contribution in [0.2, 0.25) is 0 Å². The largest absolute Gasteiger partial charge is 0.392 e. The second-order valence-corrected chi connectivity index (χ2v) is 5.17. The molecule has 2 nitrogen and oxygen atoms in total. The van der Waals surface area contributed by atoms with Crippen LogP contribution in [-0.4, -0.2) is 17.0 Å². The summed E-state index contributed by atoms with van der Waals surface area (Å²) in [5.41, 5.74) is 0. The summed E-state index contributed by atoms with van der Waals surface area (Å²) in [6.07, 6.45) is 10.1. The molecule has 0 saturated carbocycles. The Morgan fingerprint density at radius 1 is 1.47 bits per heavy atom. The van der Waals surface area contributed by atoms with Crippen molar-refractivity contribution in [2.45, 2.75) is 46.1 Å². The molecule has 1 N–H and O–H groups in total. The lowest BCUT2D eigenvalue weighted by molar-refractivity contribution is -0.122. The summed E-state index contributed by atoms with van der Waals surface area (Å²) in [7, 11) is 0. The number of ketones is 1. The van der Waals surface area contributed by atoms with E-state index in [1.54, 1.807) is 6.08 Å². The average molecular weight is 236 g/mol. The van der Waals surface area contributed by atoms with Crippen LogP contribution in [0, 0.1) is 17.8 Å². The van der Waals surface area contributed by atoms with E-state index in [-0.39, 0.29) is 17.6 Å². The van der Waals surface area contributed by atoms with Crippen molar-refractivity contribution in [3.8, 4) is 0 Å². The van der Waals surface area contributed by atoms with Crippen molar-refractivity contribution in [3.05, 3.63) is 24.3 Å². The number of carbonyl (C=O) groups is 1. The molecule has 96 valence electrons. The third kappa shape index (κ3) is 4.12. The molecule has 0 aromatic carbocycles. The second kappa shape index (κ2) is 6.75. The van der Waals surface area contributed by atoms with Gasteiger partial charge in [-0.05, 0) is 37.2 Å². The van der Waals surface area contributed by atoms with Crippen LogP contribution in [0.1, 0.15) is 40.0 Å². The van der Waals surface area contributed by atoms with Crippen molar-refractivity contribution in [2.75, 3.05) is 0 Å². The summed E-state index contributed by atoms with van der Waals surface area (Å²) in [6, 6.07) is 0. The summed E-state index contributed by atoms with van der Waals surface area (Å²) < 4.78 is 0. The monoisotopic (exact) mass is 236 g/mol. The molecule has 4 atom stereocenters. The van der Waals surface area contributed by atoms with Gasteiger partial charge in [0.05, 0.1) is 12.0 Å². The zero-order valence-electron chi connectivity index (χ0n) is 11.1. The van der Waals surface area contributed by atoms with Crippen LogP contribution >= 0.6 is 0 Å². The summed E-state index contributed by atoms with van der Waals surface area (Å²) in [6.45, 7) is 6.23. The van der Waals surface area contributed by atoms with E-state index < -0.39 is 6.10 Å². The molecule has 2 heteroatoms. The minimum Gasteiger partial charge on any atom is -0.392 e. The Balaban J connectivity index is 2.40. The fraction of sp³-hybridized carbons (Fsp3) is 0.667. The molecule has 0 aromatic rings.